The van der Waals surface area contributed by atoms with Crippen LogP contribution < -0.4 is 5.32 Å². The van der Waals surface area contributed by atoms with Gasteiger partial charge in [-0.2, -0.15) is 0 Å². The summed E-state index contributed by atoms with van der Waals surface area (Å²) in [6.45, 7) is 0.260. The van der Waals surface area contributed by atoms with Crippen molar-refractivity contribution in [2.75, 3.05) is 13.1 Å². The molecule has 2 aliphatic rings. The molecule has 0 aromatic carbocycles. The van der Waals surface area contributed by atoms with Crippen molar-refractivity contribution in [3.05, 3.63) is 0 Å². The van der Waals surface area contributed by atoms with Crippen molar-refractivity contribution in [1.29, 1.82) is 0 Å². The molecule has 6 heteroatoms. The highest BCUT2D eigenvalue weighted by atomic mass is 16.4. The van der Waals surface area contributed by atoms with Crippen LogP contribution in [-0.4, -0.2) is 52.8 Å². The minimum Gasteiger partial charge on any atom is -0.465 e. The molecular formula is C10H14N2O4. The first-order valence-electron chi connectivity index (χ1n) is 5.31. The van der Waals surface area contributed by atoms with Crippen LogP contribution in [0.1, 0.15) is 19.3 Å². The van der Waals surface area contributed by atoms with E-state index in [2.05, 4.69) is 5.32 Å². The molecule has 1 unspecified atom stereocenters. The van der Waals surface area contributed by atoms with Gasteiger partial charge in [0, 0.05) is 6.54 Å². The van der Waals surface area contributed by atoms with Crippen LogP contribution in [0.4, 0.5) is 4.79 Å². The van der Waals surface area contributed by atoms with E-state index >= 15 is 0 Å². The maximum Gasteiger partial charge on any atom is 0.407 e. The molecule has 6 nitrogen and oxygen atoms in total. The van der Waals surface area contributed by atoms with Gasteiger partial charge < -0.3 is 14.8 Å². The smallest absolute Gasteiger partial charge is 0.407 e. The number of hydrogen-bond acceptors (Lipinski definition) is 4. The summed E-state index contributed by atoms with van der Waals surface area (Å²) in [5, 5.41) is 11.8. The summed E-state index contributed by atoms with van der Waals surface area (Å²) in [5.74, 6) is -0.151. The van der Waals surface area contributed by atoms with Crippen molar-refractivity contribution in [3.63, 3.8) is 0 Å². The summed E-state index contributed by atoms with van der Waals surface area (Å²) >= 11 is 0. The average Bonchev–Trinajstić information content (AvgIpc) is 3.01. The Morgan fingerprint density at radius 3 is 2.69 bits per heavy atom. The van der Waals surface area contributed by atoms with Crippen molar-refractivity contribution in [2.45, 2.75) is 30.8 Å². The van der Waals surface area contributed by atoms with E-state index in [0.29, 0.717) is 13.0 Å². The predicted octanol–water partition coefficient (Wildman–Crippen LogP) is -0.371. The lowest BCUT2D eigenvalue weighted by Gasteiger charge is -2.30. The molecule has 0 radical (unpaired) electrons. The van der Waals surface area contributed by atoms with Crippen LogP contribution in [0.5, 0.6) is 0 Å². The Labute approximate surface area is 92.6 Å². The minimum atomic E-state index is -1.07. The molecule has 2 N–H and O–H groups in total. The lowest BCUT2D eigenvalue weighted by atomic mass is 10.0. The molecule has 0 bridgehead atoms. The van der Waals surface area contributed by atoms with E-state index in [4.69, 9.17) is 5.11 Å². The number of amides is 1. The molecule has 0 spiro atoms. The summed E-state index contributed by atoms with van der Waals surface area (Å²) in [4.78, 5) is 34.2. The Kier molecular flexibility index (Phi) is 2.67. The van der Waals surface area contributed by atoms with Crippen LogP contribution >= 0.6 is 0 Å². The van der Waals surface area contributed by atoms with Crippen molar-refractivity contribution in [3.8, 4) is 0 Å². The van der Waals surface area contributed by atoms with Gasteiger partial charge in [0.05, 0.1) is 18.1 Å². The fourth-order valence-corrected chi connectivity index (χ4v) is 1.92. The van der Waals surface area contributed by atoms with E-state index < -0.39 is 11.6 Å². The Morgan fingerprint density at radius 1 is 1.56 bits per heavy atom. The molecule has 1 heterocycles. The van der Waals surface area contributed by atoms with Gasteiger partial charge in [-0.25, -0.2) is 4.79 Å². The third-order valence-corrected chi connectivity index (χ3v) is 3.17. The maximum atomic E-state index is 11.6. The first kappa shape index (κ1) is 11.1. The third-order valence-electron chi connectivity index (χ3n) is 3.17. The van der Waals surface area contributed by atoms with Crippen LogP contribution in [0.15, 0.2) is 0 Å². The second-order valence-electron chi connectivity index (χ2n) is 4.43. The lowest BCUT2D eigenvalue weighted by molar-refractivity contribution is -0.124. The molecule has 1 saturated carbocycles. The largest absolute Gasteiger partial charge is 0.465 e. The van der Waals surface area contributed by atoms with Crippen molar-refractivity contribution in [2.24, 2.45) is 0 Å². The number of likely N-dealkylation sites (tertiary alicyclic amines) is 1. The summed E-state index contributed by atoms with van der Waals surface area (Å²) in [6, 6.07) is -0.372. The summed E-state index contributed by atoms with van der Waals surface area (Å²) < 4.78 is 0. The Bertz CT molecular complexity index is 338. The number of carbonyl (C=O) groups is 3. The topological polar surface area (TPSA) is 86.7 Å². The normalized spacial score (nSPS) is 27.6. The van der Waals surface area contributed by atoms with Gasteiger partial charge in [0.2, 0.25) is 0 Å². The highest BCUT2D eigenvalue weighted by Crippen LogP contribution is 2.34. The van der Waals surface area contributed by atoms with Crippen molar-refractivity contribution >= 4 is 18.2 Å². The second kappa shape index (κ2) is 3.86. The molecule has 1 aliphatic carbocycles. The van der Waals surface area contributed by atoms with E-state index in [-0.39, 0.29) is 18.4 Å². The Hall–Kier alpha value is -1.43. The van der Waals surface area contributed by atoms with Crippen molar-refractivity contribution < 1.29 is 19.5 Å². The van der Waals surface area contributed by atoms with Crippen LogP contribution in [0.2, 0.25) is 0 Å². The molecule has 1 aliphatic heterocycles. The first-order chi connectivity index (χ1) is 7.56. The van der Waals surface area contributed by atoms with E-state index in [9.17, 15) is 14.4 Å². The van der Waals surface area contributed by atoms with E-state index in [1.807, 2.05) is 0 Å². The van der Waals surface area contributed by atoms with Crippen LogP contribution in [-0.2, 0) is 9.59 Å². The molecule has 1 atom stereocenters. The monoisotopic (exact) mass is 226 g/mol. The third kappa shape index (κ3) is 2.06. The van der Waals surface area contributed by atoms with Gasteiger partial charge >= 0.3 is 6.09 Å². The predicted molar refractivity (Wildman–Crippen MR) is 54.2 cm³/mol. The summed E-state index contributed by atoms with van der Waals surface area (Å²) in [7, 11) is 0. The number of nitrogens with one attached hydrogen (secondary N) is 1. The number of piperidine rings is 1. The van der Waals surface area contributed by atoms with Gasteiger partial charge in [0.15, 0.2) is 5.78 Å². The number of carboxylic acid groups (broad SMARTS) is 1. The van der Waals surface area contributed by atoms with Gasteiger partial charge in [-0.15, -0.1) is 0 Å². The molecule has 16 heavy (non-hydrogen) atoms. The van der Waals surface area contributed by atoms with Crippen LogP contribution in [0.25, 0.3) is 0 Å². The Balaban J connectivity index is 1.92. The van der Waals surface area contributed by atoms with E-state index in [1.54, 1.807) is 0 Å². The molecule has 1 saturated heterocycles. The van der Waals surface area contributed by atoms with E-state index in [0.717, 1.165) is 24.0 Å². The molecule has 88 valence electrons. The maximum absolute atomic E-state index is 11.6. The quantitative estimate of drug-likeness (QED) is 0.641. The highest BCUT2D eigenvalue weighted by Gasteiger charge is 2.45. The van der Waals surface area contributed by atoms with Crippen molar-refractivity contribution in [1.82, 2.24) is 10.2 Å². The van der Waals surface area contributed by atoms with Gasteiger partial charge in [-0.1, -0.05) is 0 Å². The molecule has 0 aromatic heterocycles. The zero-order valence-corrected chi connectivity index (χ0v) is 8.81. The molecule has 1 amide bonds. The molecule has 0 aromatic rings. The van der Waals surface area contributed by atoms with Gasteiger partial charge in [0.1, 0.15) is 6.29 Å². The number of rotatable bonds is 3. The number of carbonyl (C=O) groups excluding carboxylic acids is 2. The Morgan fingerprint density at radius 2 is 2.25 bits per heavy atom. The van der Waals surface area contributed by atoms with Gasteiger partial charge in [-0.3, -0.25) is 10.1 Å². The fourth-order valence-electron chi connectivity index (χ4n) is 1.92. The fraction of sp³-hybridized carbons (Fsp3) is 0.700. The SMILES string of the molecule is O=CC1(NC2CCN(C(=O)O)CC2=O)CC1. The highest BCUT2D eigenvalue weighted by molar-refractivity contribution is 5.90. The number of aldehydes is 1. The minimum absolute atomic E-state index is 0.0814. The number of nitrogens with zero attached hydrogens (tertiary/aromatic N) is 1. The lowest BCUT2D eigenvalue weighted by Crippen LogP contribution is -2.54. The molecule has 2 fully saturated rings. The second-order valence-corrected chi connectivity index (χ2v) is 4.43. The standard InChI is InChI=1S/C10H14N2O4/c13-6-10(2-3-10)11-7-1-4-12(9(15)16)5-8(7)14/h6-7,11H,1-5H2,(H,15,16). The summed E-state index contributed by atoms with van der Waals surface area (Å²) in [5.41, 5.74) is -0.508. The zero-order chi connectivity index (χ0) is 11.8. The average molecular weight is 226 g/mol. The van der Waals surface area contributed by atoms with Crippen LogP contribution in [0.3, 0.4) is 0 Å². The molecular weight excluding hydrogens is 212 g/mol. The molecule has 2 rings (SSSR count). The van der Waals surface area contributed by atoms with Gasteiger partial charge in [0.25, 0.3) is 0 Å². The van der Waals surface area contributed by atoms with E-state index in [1.165, 1.54) is 0 Å². The number of Topliss-reactive ketones (excluding diaryl/α,β-unsaturated/α-hetero) is 1. The van der Waals surface area contributed by atoms with Gasteiger partial charge in [-0.05, 0) is 19.3 Å². The number of ketones is 1. The first-order valence-corrected chi connectivity index (χ1v) is 5.31. The summed E-state index contributed by atoms with van der Waals surface area (Å²) in [6.07, 6.45) is 1.76. The number of hydrogen-bond donors (Lipinski definition) is 2. The van der Waals surface area contributed by atoms with Crippen LogP contribution in [0, 0.1) is 0 Å². The zero-order valence-electron chi connectivity index (χ0n) is 8.81.